The van der Waals surface area contributed by atoms with Crippen molar-refractivity contribution < 1.29 is 13.2 Å². The first-order valence-electron chi connectivity index (χ1n) is 10.7. The molecule has 0 aliphatic rings. The Kier molecular flexibility index (Phi) is 8.00. The molecule has 33 heavy (non-hydrogen) atoms. The number of sulfonamides is 1. The van der Waals surface area contributed by atoms with Crippen molar-refractivity contribution in [2.45, 2.75) is 32.2 Å². The molecule has 0 bridgehead atoms. The van der Waals surface area contributed by atoms with Crippen LogP contribution in [0.1, 0.15) is 35.3 Å². The molecule has 0 aliphatic carbocycles. The van der Waals surface area contributed by atoms with Gasteiger partial charge in [0, 0.05) is 30.9 Å². The number of carbonyl (C=O) groups is 1. The zero-order valence-corrected chi connectivity index (χ0v) is 20.5. The predicted octanol–water partition coefficient (Wildman–Crippen LogP) is 5.23. The molecule has 0 heterocycles. The summed E-state index contributed by atoms with van der Waals surface area (Å²) in [6, 6.07) is 19.2. The van der Waals surface area contributed by atoms with Gasteiger partial charge in [-0.2, -0.15) is 0 Å². The molecule has 3 aromatic rings. The van der Waals surface area contributed by atoms with Crippen LogP contribution in [0, 0.1) is 6.92 Å². The number of anilines is 2. The van der Waals surface area contributed by atoms with Crippen molar-refractivity contribution in [3.63, 3.8) is 0 Å². The first-order valence-corrected chi connectivity index (χ1v) is 12.6. The number of carbonyl (C=O) groups excluding carboxylic acids is 1. The van der Waals surface area contributed by atoms with Crippen molar-refractivity contribution in [3.8, 4) is 0 Å². The van der Waals surface area contributed by atoms with Crippen LogP contribution in [0.4, 0.5) is 11.4 Å². The quantitative estimate of drug-likeness (QED) is 0.435. The lowest BCUT2D eigenvalue weighted by atomic mass is 10.1. The molecule has 0 spiro atoms. The maximum absolute atomic E-state index is 12.9. The highest BCUT2D eigenvalue weighted by atomic mass is 35.5. The van der Waals surface area contributed by atoms with Gasteiger partial charge in [0.2, 0.25) is 0 Å². The molecule has 3 rings (SSSR count). The summed E-state index contributed by atoms with van der Waals surface area (Å²) in [5.74, 6) is -0.383. The van der Waals surface area contributed by atoms with Gasteiger partial charge < -0.3 is 10.2 Å². The first kappa shape index (κ1) is 24.6. The van der Waals surface area contributed by atoms with Gasteiger partial charge in [0.05, 0.1) is 10.7 Å². The Morgan fingerprint density at radius 1 is 0.970 bits per heavy atom. The number of para-hydroxylation sites is 1. The average molecular weight is 486 g/mol. The van der Waals surface area contributed by atoms with Gasteiger partial charge in [-0.15, -0.1) is 0 Å². The second-order valence-corrected chi connectivity index (χ2v) is 9.65. The Morgan fingerprint density at radius 3 is 2.27 bits per heavy atom. The number of aryl methyl sites for hydroxylation is 1. The number of rotatable bonds is 9. The molecular formula is C25H28ClN3O3S. The molecule has 0 aliphatic heterocycles. The van der Waals surface area contributed by atoms with Crippen molar-refractivity contribution in [1.29, 1.82) is 0 Å². The lowest BCUT2D eigenvalue weighted by Crippen LogP contribution is -2.24. The Labute approximate surface area is 200 Å². The van der Waals surface area contributed by atoms with Crippen molar-refractivity contribution in [3.05, 3.63) is 88.4 Å². The largest absolute Gasteiger partial charge is 0.372 e. The van der Waals surface area contributed by atoms with Gasteiger partial charge in [-0.25, -0.2) is 8.42 Å². The molecule has 174 valence electrons. The highest BCUT2D eigenvalue weighted by molar-refractivity contribution is 7.92. The van der Waals surface area contributed by atoms with Gasteiger partial charge in [-0.05, 0) is 68.3 Å². The van der Waals surface area contributed by atoms with E-state index in [1.54, 1.807) is 25.1 Å². The second-order valence-electron chi connectivity index (χ2n) is 7.59. The van der Waals surface area contributed by atoms with E-state index in [0.29, 0.717) is 12.2 Å². The molecule has 8 heteroatoms. The van der Waals surface area contributed by atoms with Crippen molar-refractivity contribution >= 4 is 38.9 Å². The fourth-order valence-electron chi connectivity index (χ4n) is 3.44. The summed E-state index contributed by atoms with van der Waals surface area (Å²) in [6.07, 6.45) is 0. The fraction of sp³-hybridized carbons (Fsp3) is 0.240. The molecule has 0 saturated carbocycles. The topological polar surface area (TPSA) is 78.5 Å². The molecule has 3 aromatic carbocycles. The van der Waals surface area contributed by atoms with Crippen molar-refractivity contribution in [2.24, 2.45) is 0 Å². The van der Waals surface area contributed by atoms with Gasteiger partial charge in [0.1, 0.15) is 4.90 Å². The minimum absolute atomic E-state index is 0.0413. The number of nitrogens with zero attached hydrogens (tertiary/aromatic N) is 1. The van der Waals surface area contributed by atoms with Crippen LogP contribution in [0.2, 0.25) is 5.02 Å². The molecule has 1 amide bonds. The standard InChI is InChI=1S/C25H28ClN3O3S/c1-4-29(5-2)21-13-10-19(11-14-21)17-27-25(30)20-12-15-22(26)24(16-20)33(31,32)28-23-9-7-6-8-18(23)3/h6-16,28H,4-5,17H2,1-3H3,(H,27,30). The zero-order chi connectivity index (χ0) is 24.0. The van der Waals surface area contributed by atoms with Gasteiger partial charge in [0.15, 0.2) is 0 Å². The predicted molar refractivity (Wildman–Crippen MR) is 135 cm³/mol. The van der Waals surface area contributed by atoms with E-state index in [2.05, 4.69) is 28.8 Å². The minimum Gasteiger partial charge on any atom is -0.372 e. The summed E-state index contributed by atoms with van der Waals surface area (Å²) in [4.78, 5) is 14.8. The summed E-state index contributed by atoms with van der Waals surface area (Å²) in [7, 11) is -3.97. The Morgan fingerprint density at radius 2 is 1.64 bits per heavy atom. The van der Waals surface area contributed by atoms with E-state index in [0.717, 1.165) is 29.9 Å². The van der Waals surface area contributed by atoms with Crippen LogP contribution in [0.5, 0.6) is 0 Å². The number of nitrogens with one attached hydrogen (secondary N) is 2. The molecule has 0 radical (unpaired) electrons. The number of hydrogen-bond acceptors (Lipinski definition) is 4. The van der Waals surface area contributed by atoms with E-state index in [9.17, 15) is 13.2 Å². The lowest BCUT2D eigenvalue weighted by Gasteiger charge is -2.21. The molecule has 0 atom stereocenters. The third kappa shape index (κ3) is 6.06. The average Bonchev–Trinajstić information content (AvgIpc) is 2.80. The Bertz CT molecular complexity index is 1220. The first-order chi connectivity index (χ1) is 15.7. The second kappa shape index (κ2) is 10.7. The molecule has 0 unspecified atom stereocenters. The lowest BCUT2D eigenvalue weighted by molar-refractivity contribution is 0.0950. The van der Waals surface area contributed by atoms with Crippen LogP contribution in [-0.4, -0.2) is 27.4 Å². The fourth-order valence-corrected chi connectivity index (χ4v) is 5.09. The van der Waals surface area contributed by atoms with Crippen LogP contribution in [0.25, 0.3) is 0 Å². The summed E-state index contributed by atoms with van der Waals surface area (Å²) >= 11 is 6.17. The van der Waals surface area contributed by atoms with E-state index < -0.39 is 10.0 Å². The third-order valence-electron chi connectivity index (χ3n) is 5.39. The van der Waals surface area contributed by atoms with Gasteiger partial charge in [-0.1, -0.05) is 41.9 Å². The molecule has 0 fully saturated rings. The van der Waals surface area contributed by atoms with E-state index >= 15 is 0 Å². The van der Waals surface area contributed by atoms with Crippen LogP contribution >= 0.6 is 11.6 Å². The van der Waals surface area contributed by atoms with Crippen LogP contribution in [-0.2, 0) is 16.6 Å². The molecule has 0 saturated heterocycles. The van der Waals surface area contributed by atoms with Crippen molar-refractivity contribution in [2.75, 3.05) is 22.7 Å². The maximum atomic E-state index is 12.9. The van der Waals surface area contributed by atoms with E-state index in [1.807, 2.05) is 30.3 Å². The Hall–Kier alpha value is -3.03. The maximum Gasteiger partial charge on any atom is 0.263 e. The molecule has 6 nitrogen and oxygen atoms in total. The number of benzene rings is 3. The molecule has 0 aromatic heterocycles. The highest BCUT2D eigenvalue weighted by Crippen LogP contribution is 2.26. The molecular weight excluding hydrogens is 458 g/mol. The monoisotopic (exact) mass is 485 g/mol. The van der Waals surface area contributed by atoms with Gasteiger partial charge in [-0.3, -0.25) is 9.52 Å². The zero-order valence-electron chi connectivity index (χ0n) is 18.9. The smallest absolute Gasteiger partial charge is 0.263 e. The minimum atomic E-state index is -3.97. The SMILES string of the molecule is CCN(CC)c1ccc(CNC(=O)c2ccc(Cl)c(S(=O)(=O)Nc3ccccc3C)c2)cc1. The summed E-state index contributed by atoms with van der Waals surface area (Å²) in [5, 5.41) is 2.88. The highest BCUT2D eigenvalue weighted by Gasteiger charge is 2.21. The normalized spacial score (nSPS) is 11.2. The van der Waals surface area contributed by atoms with Crippen LogP contribution < -0.4 is 14.9 Å². The van der Waals surface area contributed by atoms with Crippen LogP contribution in [0.15, 0.2) is 71.6 Å². The van der Waals surface area contributed by atoms with E-state index in [-0.39, 0.29) is 21.4 Å². The van der Waals surface area contributed by atoms with Gasteiger partial charge in [0.25, 0.3) is 15.9 Å². The van der Waals surface area contributed by atoms with Crippen molar-refractivity contribution in [1.82, 2.24) is 5.32 Å². The van der Waals surface area contributed by atoms with E-state index in [1.165, 1.54) is 18.2 Å². The van der Waals surface area contributed by atoms with Crippen LogP contribution in [0.3, 0.4) is 0 Å². The summed E-state index contributed by atoms with van der Waals surface area (Å²) in [5.41, 5.74) is 3.52. The molecule has 2 N–H and O–H groups in total. The summed E-state index contributed by atoms with van der Waals surface area (Å²) in [6.45, 7) is 8.19. The van der Waals surface area contributed by atoms with Gasteiger partial charge >= 0.3 is 0 Å². The number of amides is 1. The van der Waals surface area contributed by atoms with E-state index in [4.69, 9.17) is 11.6 Å². The number of hydrogen-bond donors (Lipinski definition) is 2. The third-order valence-corrected chi connectivity index (χ3v) is 7.24. The number of halogens is 1. The summed E-state index contributed by atoms with van der Waals surface area (Å²) < 4.78 is 28.4. The Balaban J connectivity index is 1.73.